The molecule has 4 rings (SSSR count). The van der Waals surface area contributed by atoms with Gasteiger partial charge in [0.15, 0.2) is 0 Å². The molecule has 0 aromatic carbocycles. The molecule has 0 aromatic rings. The van der Waals surface area contributed by atoms with Gasteiger partial charge in [0, 0.05) is 13.1 Å². The molecule has 0 aromatic heterocycles. The van der Waals surface area contributed by atoms with Crippen LogP contribution in [0, 0.1) is 35.5 Å². The van der Waals surface area contributed by atoms with Gasteiger partial charge >= 0.3 is 0 Å². The zero-order valence-corrected chi connectivity index (χ0v) is 11.6. The van der Waals surface area contributed by atoms with Crippen LogP contribution in [0.25, 0.3) is 0 Å². The van der Waals surface area contributed by atoms with Gasteiger partial charge in [0.05, 0.1) is 0 Å². The van der Waals surface area contributed by atoms with Gasteiger partial charge in [0.1, 0.15) is 0 Å². The van der Waals surface area contributed by atoms with E-state index in [1.807, 2.05) is 0 Å². The highest BCUT2D eigenvalue weighted by Gasteiger charge is 2.58. The van der Waals surface area contributed by atoms with Crippen LogP contribution >= 0.6 is 0 Å². The molecule has 4 aliphatic carbocycles. The van der Waals surface area contributed by atoms with E-state index in [9.17, 15) is 0 Å². The van der Waals surface area contributed by atoms with E-state index in [4.69, 9.17) is 0 Å². The van der Waals surface area contributed by atoms with Gasteiger partial charge in [-0.15, -0.1) is 0 Å². The third kappa shape index (κ3) is 1.96. The van der Waals surface area contributed by atoms with Crippen molar-refractivity contribution < 1.29 is 0 Å². The van der Waals surface area contributed by atoms with Crippen LogP contribution in [0.2, 0.25) is 0 Å². The van der Waals surface area contributed by atoms with E-state index in [1.54, 1.807) is 0 Å². The zero-order chi connectivity index (χ0) is 12.2. The first-order valence-corrected chi connectivity index (χ1v) is 7.05. The van der Waals surface area contributed by atoms with Crippen LogP contribution in [0.5, 0.6) is 0 Å². The molecule has 2 heteroatoms. The van der Waals surface area contributed by atoms with Crippen molar-refractivity contribution in [3.63, 3.8) is 0 Å². The fourth-order valence-electron chi connectivity index (χ4n) is 4.51. The minimum atomic E-state index is 0.886. The van der Waals surface area contributed by atoms with Crippen LogP contribution < -0.4 is 0 Å². The van der Waals surface area contributed by atoms with E-state index in [0.29, 0.717) is 0 Å². The lowest BCUT2D eigenvalue weighted by atomic mass is 9.62. The summed E-state index contributed by atoms with van der Waals surface area (Å²) in [5, 5.41) is 0. The first kappa shape index (κ1) is 11.7. The predicted molar refractivity (Wildman–Crippen MR) is 71.8 cm³/mol. The standard InChI is InChI=1S/C15H26N2/c1-16(2)8-14-10-5-6-11(13-7-12(10)13)15(14)9-17(3)4/h5-6,10-15H,7-9H2,1-4H3/t10-,11+,12-,13-,14+,15-/m1/s1. The molecule has 96 valence electrons. The van der Waals surface area contributed by atoms with Crippen molar-refractivity contribution >= 4 is 0 Å². The minimum absolute atomic E-state index is 0.886. The Kier molecular flexibility index (Phi) is 2.83. The Morgan fingerprint density at radius 2 is 1.24 bits per heavy atom. The summed E-state index contributed by atoms with van der Waals surface area (Å²) in [6.07, 6.45) is 6.62. The Labute approximate surface area is 106 Å². The Balaban J connectivity index is 1.80. The number of rotatable bonds is 4. The largest absolute Gasteiger partial charge is 0.309 e. The number of hydrogen-bond donors (Lipinski definition) is 0. The highest BCUT2D eigenvalue weighted by atomic mass is 15.1. The van der Waals surface area contributed by atoms with E-state index in [0.717, 1.165) is 35.5 Å². The maximum Gasteiger partial charge on any atom is 0.00126 e. The molecule has 2 fully saturated rings. The molecule has 0 heterocycles. The topological polar surface area (TPSA) is 6.48 Å². The summed E-state index contributed by atoms with van der Waals surface area (Å²) in [5.41, 5.74) is 0. The highest BCUT2D eigenvalue weighted by Crippen LogP contribution is 2.63. The molecule has 4 aliphatic rings. The first-order valence-electron chi connectivity index (χ1n) is 7.05. The lowest BCUT2D eigenvalue weighted by Gasteiger charge is -2.46. The van der Waals surface area contributed by atoms with Gasteiger partial charge in [-0.25, -0.2) is 0 Å². The lowest BCUT2D eigenvalue weighted by molar-refractivity contribution is 0.0662. The minimum Gasteiger partial charge on any atom is -0.309 e. The van der Waals surface area contributed by atoms with Gasteiger partial charge in [-0.1, -0.05) is 12.2 Å². The highest BCUT2D eigenvalue weighted by molar-refractivity contribution is 5.21. The Bertz CT molecular complexity index is 291. The smallest absolute Gasteiger partial charge is 0.00126 e. The average Bonchev–Trinajstić information content (AvgIpc) is 3.00. The van der Waals surface area contributed by atoms with Crippen LogP contribution in [-0.2, 0) is 0 Å². The maximum absolute atomic E-state index is 2.55. The molecule has 2 nitrogen and oxygen atoms in total. The van der Waals surface area contributed by atoms with Crippen LogP contribution in [0.3, 0.4) is 0 Å². The van der Waals surface area contributed by atoms with Crippen LogP contribution in [0.15, 0.2) is 12.2 Å². The monoisotopic (exact) mass is 234 g/mol. The molecule has 2 saturated carbocycles. The molecule has 17 heavy (non-hydrogen) atoms. The summed E-state index contributed by atoms with van der Waals surface area (Å²) in [4.78, 5) is 4.78. The summed E-state index contributed by atoms with van der Waals surface area (Å²) in [6, 6.07) is 0. The van der Waals surface area contributed by atoms with Gasteiger partial charge in [-0.3, -0.25) is 0 Å². The quantitative estimate of drug-likeness (QED) is 0.684. The number of hydrogen-bond acceptors (Lipinski definition) is 2. The molecule has 6 atom stereocenters. The Hall–Kier alpha value is -0.340. The molecule has 0 aliphatic heterocycles. The van der Waals surface area contributed by atoms with Crippen molar-refractivity contribution in [1.29, 1.82) is 0 Å². The third-order valence-electron chi connectivity index (χ3n) is 5.13. The van der Waals surface area contributed by atoms with Gasteiger partial charge in [-0.05, 0) is 70.1 Å². The fourth-order valence-corrected chi connectivity index (χ4v) is 4.51. The van der Waals surface area contributed by atoms with Gasteiger partial charge in [0.2, 0.25) is 0 Å². The molecular weight excluding hydrogens is 208 g/mol. The van der Waals surface area contributed by atoms with Crippen molar-refractivity contribution in [2.45, 2.75) is 6.42 Å². The molecule has 0 spiro atoms. The predicted octanol–water partition coefficient (Wildman–Crippen LogP) is 1.79. The van der Waals surface area contributed by atoms with E-state index in [2.05, 4.69) is 50.1 Å². The third-order valence-corrected chi connectivity index (χ3v) is 5.13. The number of allylic oxidation sites excluding steroid dienone is 2. The Morgan fingerprint density at radius 3 is 1.59 bits per heavy atom. The lowest BCUT2D eigenvalue weighted by Crippen LogP contribution is -2.47. The van der Waals surface area contributed by atoms with Crippen LogP contribution in [0.1, 0.15) is 6.42 Å². The van der Waals surface area contributed by atoms with E-state index in [-0.39, 0.29) is 0 Å². The van der Waals surface area contributed by atoms with Crippen molar-refractivity contribution in [2.75, 3.05) is 41.3 Å². The normalized spacial score (nSPS) is 46.7. The van der Waals surface area contributed by atoms with Crippen LogP contribution in [0.4, 0.5) is 0 Å². The van der Waals surface area contributed by atoms with Gasteiger partial charge in [-0.2, -0.15) is 0 Å². The van der Waals surface area contributed by atoms with Crippen molar-refractivity contribution in [3.8, 4) is 0 Å². The average molecular weight is 234 g/mol. The summed E-state index contributed by atoms with van der Waals surface area (Å²) in [5.74, 6) is 5.66. The number of nitrogens with zero attached hydrogens (tertiary/aromatic N) is 2. The van der Waals surface area contributed by atoms with Crippen molar-refractivity contribution in [3.05, 3.63) is 12.2 Å². The van der Waals surface area contributed by atoms with Crippen molar-refractivity contribution in [2.24, 2.45) is 35.5 Å². The van der Waals surface area contributed by atoms with E-state index >= 15 is 0 Å². The molecule has 0 amide bonds. The zero-order valence-electron chi connectivity index (χ0n) is 11.6. The van der Waals surface area contributed by atoms with Crippen LogP contribution in [-0.4, -0.2) is 51.1 Å². The molecular formula is C15H26N2. The fraction of sp³-hybridized carbons (Fsp3) is 0.867. The summed E-state index contributed by atoms with van der Waals surface area (Å²) < 4.78 is 0. The first-order chi connectivity index (χ1) is 8.08. The Morgan fingerprint density at radius 1 is 0.824 bits per heavy atom. The molecule has 0 saturated heterocycles. The second kappa shape index (κ2) is 4.10. The van der Waals surface area contributed by atoms with Crippen molar-refractivity contribution in [1.82, 2.24) is 9.80 Å². The summed E-state index contributed by atoms with van der Waals surface area (Å²) >= 11 is 0. The summed E-state index contributed by atoms with van der Waals surface area (Å²) in [7, 11) is 8.90. The van der Waals surface area contributed by atoms with E-state index in [1.165, 1.54) is 19.5 Å². The second-order valence-corrected chi connectivity index (χ2v) is 6.96. The maximum atomic E-state index is 2.55. The summed E-state index contributed by atoms with van der Waals surface area (Å²) in [6.45, 7) is 2.54. The molecule has 0 N–H and O–H groups in total. The second-order valence-electron chi connectivity index (χ2n) is 6.96. The molecule has 0 radical (unpaired) electrons. The number of fused-ring (bicyclic) bond motifs is 1. The van der Waals surface area contributed by atoms with E-state index < -0.39 is 0 Å². The molecule has 0 unspecified atom stereocenters. The van der Waals surface area contributed by atoms with Gasteiger partial charge < -0.3 is 9.80 Å². The SMILES string of the molecule is CN(C)C[C@@H]1[C@H]2C=C[C@H]([C@H]3C[C@H]23)[C@@H]1CN(C)C. The van der Waals surface area contributed by atoms with Gasteiger partial charge in [0.25, 0.3) is 0 Å². The molecule has 2 bridgehead atoms.